The van der Waals surface area contributed by atoms with E-state index in [9.17, 15) is 9.59 Å². The van der Waals surface area contributed by atoms with Crippen LogP contribution in [0.5, 0.6) is 0 Å². The van der Waals surface area contributed by atoms with Crippen LogP contribution in [0.1, 0.15) is 11.3 Å². The molecule has 3 aromatic heterocycles. The summed E-state index contributed by atoms with van der Waals surface area (Å²) in [6, 6.07) is 11.1. The van der Waals surface area contributed by atoms with Crippen molar-refractivity contribution in [3.8, 4) is 0 Å². The van der Waals surface area contributed by atoms with Crippen LogP contribution in [0.15, 0.2) is 54.3 Å². The average Bonchev–Trinajstić information content (AvgIpc) is 3.59. The van der Waals surface area contributed by atoms with E-state index in [0.717, 1.165) is 16.9 Å². The number of anilines is 2. The molecule has 174 valence electrons. The molecule has 1 saturated heterocycles. The van der Waals surface area contributed by atoms with E-state index < -0.39 is 5.92 Å². The number of hydrogen-bond acceptors (Lipinski definition) is 7. The molecule has 34 heavy (non-hydrogen) atoms. The summed E-state index contributed by atoms with van der Waals surface area (Å²) in [5, 5.41) is 14.1. The first-order chi connectivity index (χ1) is 16.6. The second-order valence-corrected chi connectivity index (χ2v) is 9.40. The van der Waals surface area contributed by atoms with Gasteiger partial charge in [0.25, 0.3) is 0 Å². The molecule has 1 fully saturated rings. The van der Waals surface area contributed by atoms with Crippen molar-refractivity contribution in [3.63, 3.8) is 0 Å². The molecule has 2 N–H and O–H groups in total. The van der Waals surface area contributed by atoms with Gasteiger partial charge in [0.2, 0.25) is 11.8 Å². The highest BCUT2D eigenvalue weighted by molar-refractivity contribution is 7.09. The molecule has 1 aliphatic rings. The van der Waals surface area contributed by atoms with Gasteiger partial charge in [-0.2, -0.15) is 5.10 Å². The number of carbonyl (C=O) groups excluding carboxylic acids is 2. The van der Waals surface area contributed by atoms with Crippen LogP contribution in [0.4, 0.5) is 11.5 Å². The Kier molecular flexibility index (Phi) is 6.41. The van der Waals surface area contributed by atoms with Crippen molar-refractivity contribution in [2.45, 2.75) is 19.5 Å². The second kappa shape index (κ2) is 9.78. The van der Waals surface area contributed by atoms with Gasteiger partial charge in [-0.25, -0.2) is 14.6 Å². The van der Waals surface area contributed by atoms with E-state index in [0.29, 0.717) is 36.8 Å². The quantitative estimate of drug-likeness (QED) is 0.388. The standard InChI is InChI=1S/C23H22ClN7O2S/c24-16-3-5-17(6-4-16)30-13-15(10-20(30)32)23(33)25-7-8-31-22-19(12-29-31)21(27-14-28-22)26-11-18-2-1-9-34-18/h1-6,9,12,14-15H,7-8,10-11,13H2,(H,25,33)(H,26,27,28). The van der Waals surface area contributed by atoms with Crippen LogP contribution in [0, 0.1) is 5.92 Å². The van der Waals surface area contributed by atoms with E-state index >= 15 is 0 Å². The fraction of sp³-hybridized carbons (Fsp3) is 0.261. The largest absolute Gasteiger partial charge is 0.364 e. The van der Waals surface area contributed by atoms with Crippen LogP contribution in [-0.2, 0) is 22.7 Å². The molecule has 0 aliphatic carbocycles. The van der Waals surface area contributed by atoms with E-state index in [2.05, 4.69) is 31.8 Å². The summed E-state index contributed by atoms with van der Waals surface area (Å²) in [7, 11) is 0. The number of carbonyl (C=O) groups is 2. The van der Waals surface area contributed by atoms with Gasteiger partial charge in [0.1, 0.15) is 12.1 Å². The van der Waals surface area contributed by atoms with Gasteiger partial charge in [-0.05, 0) is 35.7 Å². The first kappa shape index (κ1) is 22.3. The lowest BCUT2D eigenvalue weighted by Crippen LogP contribution is -2.35. The highest BCUT2D eigenvalue weighted by Gasteiger charge is 2.34. The van der Waals surface area contributed by atoms with Gasteiger partial charge in [0.15, 0.2) is 5.65 Å². The number of rotatable bonds is 8. The van der Waals surface area contributed by atoms with Gasteiger partial charge in [-0.3, -0.25) is 9.59 Å². The zero-order chi connectivity index (χ0) is 23.5. The van der Waals surface area contributed by atoms with Gasteiger partial charge in [0.05, 0.1) is 30.6 Å². The lowest BCUT2D eigenvalue weighted by molar-refractivity contribution is -0.126. The Morgan fingerprint density at radius 3 is 2.85 bits per heavy atom. The molecule has 9 nitrogen and oxygen atoms in total. The maximum absolute atomic E-state index is 12.7. The summed E-state index contributed by atoms with van der Waals surface area (Å²) in [6.45, 7) is 1.86. The number of hydrogen-bond donors (Lipinski definition) is 2. The third-order valence-electron chi connectivity index (χ3n) is 5.70. The lowest BCUT2D eigenvalue weighted by atomic mass is 10.1. The van der Waals surface area contributed by atoms with Crippen molar-refractivity contribution in [2.75, 3.05) is 23.3 Å². The number of nitrogens with one attached hydrogen (secondary N) is 2. The summed E-state index contributed by atoms with van der Waals surface area (Å²) >= 11 is 7.61. The minimum Gasteiger partial charge on any atom is -0.364 e. The number of thiophene rings is 1. The molecule has 2 amide bonds. The van der Waals surface area contributed by atoms with Crippen molar-refractivity contribution < 1.29 is 9.59 Å². The number of amides is 2. The molecule has 5 rings (SSSR count). The third kappa shape index (κ3) is 4.73. The normalized spacial score (nSPS) is 15.7. The molecule has 0 spiro atoms. The molecule has 0 radical (unpaired) electrons. The molecule has 1 aromatic carbocycles. The number of nitrogens with zero attached hydrogens (tertiary/aromatic N) is 5. The summed E-state index contributed by atoms with van der Waals surface area (Å²) in [5.74, 6) is 0.113. The number of fused-ring (bicyclic) bond motifs is 1. The predicted molar refractivity (Wildman–Crippen MR) is 132 cm³/mol. The fourth-order valence-electron chi connectivity index (χ4n) is 3.96. The number of benzene rings is 1. The fourth-order valence-corrected chi connectivity index (χ4v) is 4.74. The van der Waals surface area contributed by atoms with Crippen LogP contribution in [0.2, 0.25) is 5.02 Å². The maximum atomic E-state index is 12.7. The monoisotopic (exact) mass is 495 g/mol. The maximum Gasteiger partial charge on any atom is 0.227 e. The van der Waals surface area contributed by atoms with E-state index in [4.69, 9.17) is 11.6 Å². The van der Waals surface area contributed by atoms with Crippen LogP contribution in [0.3, 0.4) is 0 Å². The van der Waals surface area contributed by atoms with E-state index in [1.165, 1.54) is 11.2 Å². The average molecular weight is 496 g/mol. The lowest BCUT2D eigenvalue weighted by Gasteiger charge is -2.16. The zero-order valence-corrected chi connectivity index (χ0v) is 19.7. The highest BCUT2D eigenvalue weighted by atomic mass is 35.5. The summed E-state index contributed by atoms with van der Waals surface area (Å²) in [6.07, 6.45) is 3.42. The van der Waals surface area contributed by atoms with Crippen LogP contribution in [-0.4, -0.2) is 44.7 Å². The smallest absolute Gasteiger partial charge is 0.227 e. The zero-order valence-electron chi connectivity index (χ0n) is 18.1. The Morgan fingerprint density at radius 2 is 2.06 bits per heavy atom. The summed E-state index contributed by atoms with van der Waals surface area (Å²) in [4.78, 5) is 36.6. The molecule has 11 heteroatoms. The van der Waals surface area contributed by atoms with Crippen molar-refractivity contribution in [2.24, 2.45) is 5.92 Å². The van der Waals surface area contributed by atoms with E-state index in [-0.39, 0.29) is 18.2 Å². The minimum atomic E-state index is -0.395. The predicted octanol–water partition coefficient (Wildman–Crippen LogP) is 3.32. The van der Waals surface area contributed by atoms with Crippen LogP contribution < -0.4 is 15.5 Å². The van der Waals surface area contributed by atoms with Gasteiger partial charge in [-0.15, -0.1) is 11.3 Å². The Bertz CT molecular complexity index is 1310. The van der Waals surface area contributed by atoms with E-state index in [1.54, 1.807) is 51.4 Å². The molecule has 1 atom stereocenters. The summed E-state index contributed by atoms with van der Waals surface area (Å²) in [5.41, 5.74) is 1.44. The first-order valence-corrected chi connectivity index (χ1v) is 12.1. The molecule has 1 aliphatic heterocycles. The second-order valence-electron chi connectivity index (χ2n) is 7.93. The molecule has 0 saturated carbocycles. The SMILES string of the molecule is O=C(NCCn1ncc2c(NCc3cccs3)ncnc21)C1CC(=O)N(c2ccc(Cl)cc2)C1. The van der Waals surface area contributed by atoms with Crippen molar-refractivity contribution in [3.05, 3.63) is 64.2 Å². The first-order valence-electron chi connectivity index (χ1n) is 10.8. The Labute approximate surface area is 204 Å². The van der Waals surface area contributed by atoms with E-state index in [1.807, 2.05) is 11.4 Å². The van der Waals surface area contributed by atoms with Crippen LogP contribution in [0.25, 0.3) is 11.0 Å². The van der Waals surface area contributed by atoms with Gasteiger partial charge < -0.3 is 15.5 Å². The van der Waals surface area contributed by atoms with Crippen molar-refractivity contribution >= 4 is 57.3 Å². The molecule has 0 bridgehead atoms. The van der Waals surface area contributed by atoms with Gasteiger partial charge in [0, 0.05) is 35.1 Å². The van der Waals surface area contributed by atoms with Crippen molar-refractivity contribution in [1.82, 2.24) is 25.1 Å². The third-order valence-corrected chi connectivity index (χ3v) is 6.83. The highest BCUT2D eigenvalue weighted by Crippen LogP contribution is 2.26. The molecular formula is C23H22ClN7O2S. The Morgan fingerprint density at radius 1 is 1.21 bits per heavy atom. The Hall–Kier alpha value is -3.50. The molecule has 4 aromatic rings. The minimum absolute atomic E-state index is 0.0696. The number of halogens is 1. The molecule has 1 unspecified atom stereocenters. The summed E-state index contributed by atoms with van der Waals surface area (Å²) < 4.78 is 1.74. The Balaban J connectivity index is 1.17. The topological polar surface area (TPSA) is 105 Å². The number of aromatic nitrogens is 4. The van der Waals surface area contributed by atoms with Gasteiger partial charge >= 0.3 is 0 Å². The van der Waals surface area contributed by atoms with Gasteiger partial charge in [-0.1, -0.05) is 17.7 Å². The van der Waals surface area contributed by atoms with Crippen LogP contribution >= 0.6 is 22.9 Å². The molecule has 4 heterocycles. The van der Waals surface area contributed by atoms with Crippen molar-refractivity contribution in [1.29, 1.82) is 0 Å². The molecular weight excluding hydrogens is 474 g/mol.